The molecule has 4 nitrogen and oxygen atoms in total. The summed E-state index contributed by atoms with van der Waals surface area (Å²) in [5.74, 6) is 0. The van der Waals surface area contributed by atoms with E-state index in [1.165, 1.54) is 10.7 Å². The van der Waals surface area contributed by atoms with Gasteiger partial charge in [0.05, 0.1) is 0 Å². The van der Waals surface area contributed by atoms with E-state index in [1.54, 1.807) is 12.3 Å². The molecule has 13 heavy (non-hydrogen) atoms. The molecular formula is C9H15N3O. The third-order valence-corrected chi connectivity index (χ3v) is 1.83. The average molecular weight is 181 g/mol. The summed E-state index contributed by atoms with van der Waals surface area (Å²) in [5.41, 5.74) is -0.0213. The molecule has 0 aliphatic rings. The first-order valence-electron chi connectivity index (χ1n) is 4.51. The molecule has 0 bridgehead atoms. The summed E-state index contributed by atoms with van der Waals surface area (Å²) in [7, 11) is 1.92. The zero-order valence-electron chi connectivity index (χ0n) is 7.86. The number of aromatic nitrogens is 2. The monoisotopic (exact) mass is 181 g/mol. The number of nitrogens with one attached hydrogen (secondary N) is 1. The summed E-state index contributed by atoms with van der Waals surface area (Å²) in [4.78, 5) is 11.2. The molecule has 0 aliphatic carbocycles. The predicted octanol–water partition coefficient (Wildman–Crippen LogP) is 0.243. The van der Waals surface area contributed by atoms with Crippen LogP contribution in [-0.2, 0) is 6.54 Å². The van der Waals surface area contributed by atoms with Gasteiger partial charge in [-0.25, -0.2) is 4.68 Å². The van der Waals surface area contributed by atoms with E-state index in [9.17, 15) is 4.79 Å². The number of rotatable bonds is 5. The Balaban J connectivity index is 2.37. The Kier molecular flexibility index (Phi) is 4.18. The van der Waals surface area contributed by atoms with Gasteiger partial charge in [-0.3, -0.25) is 4.79 Å². The molecule has 1 aromatic rings. The molecule has 0 saturated heterocycles. The van der Waals surface area contributed by atoms with Gasteiger partial charge in [-0.15, -0.1) is 0 Å². The van der Waals surface area contributed by atoms with Crippen molar-refractivity contribution in [3.63, 3.8) is 0 Å². The predicted molar refractivity (Wildman–Crippen MR) is 51.7 cm³/mol. The number of hydrogen-bond donors (Lipinski definition) is 1. The van der Waals surface area contributed by atoms with Crippen molar-refractivity contribution in [2.45, 2.75) is 19.4 Å². The molecule has 1 heterocycles. The smallest absolute Gasteiger partial charge is 0.266 e. The highest BCUT2D eigenvalue weighted by atomic mass is 16.1. The van der Waals surface area contributed by atoms with Crippen molar-refractivity contribution in [2.75, 3.05) is 13.6 Å². The van der Waals surface area contributed by atoms with Crippen LogP contribution < -0.4 is 10.9 Å². The van der Waals surface area contributed by atoms with Gasteiger partial charge in [0.2, 0.25) is 0 Å². The van der Waals surface area contributed by atoms with Gasteiger partial charge in [0.1, 0.15) is 0 Å². The van der Waals surface area contributed by atoms with Crippen molar-refractivity contribution in [1.29, 1.82) is 0 Å². The molecule has 0 spiro atoms. The Bertz CT molecular complexity index is 295. The van der Waals surface area contributed by atoms with Crippen molar-refractivity contribution >= 4 is 0 Å². The van der Waals surface area contributed by atoms with E-state index in [0.717, 1.165) is 19.4 Å². The zero-order chi connectivity index (χ0) is 9.52. The summed E-state index contributed by atoms with van der Waals surface area (Å²) < 4.78 is 1.50. The third kappa shape index (κ3) is 3.38. The van der Waals surface area contributed by atoms with Gasteiger partial charge in [-0.2, -0.15) is 5.10 Å². The maximum atomic E-state index is 11.2. The lowest BCUT2D eigenvalue weighted by atomic mass is 10.3. The lowest BCUT2D eigenvalue weighted by Gasteiger charge is -2.02. The first kappa shape index (κ1) is 9.92. The van der Waals surface area contributed by atoms with Gasteiger partial charge in [-0.1, -0.05) is 0 Å². The summed E-state index contributed by atoms with van der Waals surface area (Å²) in [6.07, 6.45) is 3.69. The van der Waals surface area contributed by atoms with Crippen molar-refractivity contribution in [3.05, 3.63) is 28.7 Å². The topological polar surface area (TPSA) is 46.9 Å². The Labute approximate surface area is 77.6 Å². The number of aryl methyl sites for hydroxylation is 1. The summed E-state index contributed by atoms with van der Waals surface area (Å²) in [6, 6.07) is 3.19. The van der Waals surface area contributed by atoms with Gasteiger partial charge in [0.15, 0.2) is 0 Å². The fraction of sp³-hybridized carbons (Fsp3) is 0.556. The summed E-state index contributed by atoms with van der Waals surface area (Å²) in [6.45, 7) is 1.70. The molecule has 0 amide bonds. The van der Waals surface area contributed by atoms with E-state index in [2.05, 4.69) is 10.4 Å². The van der Waals surface area contributed by atoms with Crippen LogP contribution in [0.25, 0.3) is 0 Å². The molecule has 0 unspecified atom stereocenters. The molecule has 0 radical (unpaired) electrons. The molecule has 0 fully saturated rings. The highest BCUT2D eigenvalue weighted by Gasteiger charge is 1.93. The van der Waals surface area contributed by atoms with Crippen LogP contribution in [0.3, 0.4) is 0 Å². The second kappa shape index (κ2) is 5.48. The Morgan fingerprint density at radius 1 is 1.54 bits per heavy atom. The van der Waals surface area contributed by atoms with E-state index in [-0.39, 0.29) is 5.56 Å². The molecule has 72 valence electrons. The summed E-state index contributed by atoms with van der Waals surface area (Å²) >= 11 is 0. The minimum Gasteiger partial charge on any atom is -0.320 e. The minimum atomic E-state index is -0.0213. The maximum Gasteiger partial charge on any atom is 0.266 e. The van der Waals surface area contributed by atoms with Gasteiger partial charge >= 0.3 is 0 Å². The Morgan fingerprint density at radius 2 is 2.38 bits per heavy atom. The molecule has 1 rings (SSSR count). The van der Waals surface area contributed by atoms with Crippen LogP contribution in [0.4, 0.5) is 0 Å². The van der Waals surface area contributed by atoms with Crippen LogP contribution >= 0.6 is 0 Å². The number of hydrogen-bond acceptors (Lipinski definition) is 3. The number of unbranched alkanes of at least 4 members (excludes halogenated alkanes) is 1. The fourth-order valence-electron chi connectivity index (χ4n) is 1.12. The molecule has 0 aromatic carbocycles. The first-order chi connectivity index (χ1) is 6.34. The second-order valence-electron chi connectivity index (χ2n) is 2.90. The largest absolute Gasteiger partial charge is 0.320 e. The molecule has 0 saturated carbocycles. The molecule has 4 heteroatoms. The Hall–Kier alpha value is -1.16. The molecular weight excluding hydrogens is 166 g/mol. The lowest BCUT2D eigenvalue weighted by Crippen LogP contribution is -2.21. The fourth-order valence-corrected chi connectivity index (χ4v) is 1.12. The molecule has 0 aliphatic heterocycles. The van der Waals surface area contributed by atoms with E-state index < -0.39 is 0 Å². The van der Waals surface area contributed by atoms with Crippen molar-refractivity contribution in [3.8, 4) is 0 Å². The van der Waals surface area contributed by atoms with Crippen LogP contribution in [0.5, 0.6) is 0 Å². The van der Waals surface area contributed by atoms with Gasteiger partial charge in [0.25, 0.3) is 5.56 Å². The van der Waals surface area contributed by atoms with E-state index in [0.29, 0.717) is 6.54 Å². The second-order valence-corrected chi connectivity index (χ2v) is 2.90. The molecule has 0 atom stereocenters. The van der Waals surface area contributed by atoms with Crippen LogP contribution in [0.1, 0.15) is 12.8 Å². The van der Waals surface area contributed by atoms with E-state index >= 15 is 0 Å². The van der Waals surface area contributed by atoms with Crippen LogP contribution in [0.2, 0.25) is 0 Å². The van der Waals surface area contributed by atoms with E-state index in [4.69, 9.17) is 0 Å². The minimum absolute atomic E-state index is 0.0213. The van der Waals surface area contributed by atoms with Gasteiger partial charge in [0, 0.05) is 18.8 Å². The normalized spacial score (nSPS) is 10.2. The summed E-state index contributed by atoms with van der Waals surface area (Å²) in [5, 5.41) is 7.02. The SMILES string of the molecule is CNCCCCn1ncccc1=O. The van der Waals surface area contributed by atoms with Crippen molar-refractivity contribution in [2.24, 2.45) is 0 Å². The molecule has 1 N–H and O–H groups in total. The average Bonchev–Trinajstić information content (AvgIpc) is 2.15. The highest BCUT2D eigenvalue weighted by Crippen LogP contribution is 1.88. The van der Waals surface area contributed by atoms with Crippen LogP contribution in [0, 0.1) is 0 Å². The lowest BCUT2D eigenvalue weighted by molar-refractivity contribution is 0.524. The maximum absolute atomic E-state index is 11.2. The van der Waals surface area contributed by atoms with Crippen LogP contribution in [-0.4, -0.2) is 23.4 Å². The van der Waals surface area contributed by atoms with Crippen molar-refractivity contribution in [1.82, 2.24) is 15.1 Å². The van der Waals surface area contributed by atoms with Gasteiger partial charge < -0.3 is 5.32 Å². The van der Waals surface area contributed by atoms with E-state index in [1.807, 2.05) is 7.05 Å². The van der Waals surface area contributed by atoms with Gasteiger partial charge in [-0.05, 0) is 32.5 Å². The highest BCUT2D eigenvalue weighted by molar-refractivity contribution is 4.84. The zero-order valence-corrected chi connectivity index (χ0v) is 7.86. The standard InChI is InChI=1S/C9H15N3O/c1-10-6-2-3-8-12-9(13)5-4-7-11-12/h4-5,7,10H,2-3,6,8H2,1H3. The van der Waals surface area contributed by atoms with Crippen LogP contribution in [0.15, 0.2) is 23.1 Å². The molecule has 1 aromatic heterocycles. The first-order valence-corrected chi connectivity index (χ1v) is 4.51. The van der Waals surface area contributed by atoms with Crippen molar-refractivity contribution < 1.29 is 0 Å². The number of nitrogens with zero attached hydrogens (tertiary/aromatic N) is 2. The third-order valence-electron chi connectivity index (χ3n) is 1.83. The quantitative estimate of drug-likeness (QED) is 0.662. The Morgan fingerprint density at radius 3 is 3.08 bits per heavy atom.